The smallest absolute Gasteiger partial charge is 0.261 e. The largest absolute Gasteiger partial charge is 0.383 e. The molecule has 2 saturated carbocycles. The predicted octanol–water partition coefficient (Wildman–Crippen LogP) is 3.57. The average Bonchev–Trinajstić information content (AvgIpc) is 3.48. The molecule has 0 saturated heterocycles. The molecule has 5 rings (SSSR count). The molecule has 1 amide bonds. The number of halogens is 2. The second-order valence-electron chi connectivity index (χ2n) is 9.36. The molecule has 0 spiro atoms. The van der Waals surface area contributed by atoms with E-state index in [1.54, 1.807) is 11.7 Å². The van der Waals surface area contributed by atoms with Gasteiger partial charge in [-0.2, -0.15) is 10.2 Å². The molecule has 2 unspecified atom stereocenters. The van der Waals surface area contributed by atoms with Gasteiger partial charge in [-0.05, 0) is 61.8 Å². The highest BCUT2D eigenvalue weighted by molar-refractivity contribution is 6.31. The Hall–Kier alpha value is -2.91. The van der Waals surface area contributed by atoms with Crippen molar-refractivity contribution < 1.29 is 14.3 Å². The second-order valence-corrected chi connectivity index (χ2v) is 9.76. The molecule has 2 fully saturated rings. The Labute approximate surface area is 195 Å². The molecule has 2 aromatic heterocycles. The zero-order valence-electron chi connectivity index (χ0n) is 18.4. The van der Waals surface area contributed by atoms with Gasteiger partial charge in [-0.25, -0.2) is 4.39 Å². The Morgan fingerprint density at radius 1 is 1.24 bits per heavy atom. The highest BCUT2D eigenvalue weighted by atomic mass is 35.5. The lowest BCUT2D eigenvalue weighted by Gasteiger charge is -2.22. The summed E-state index contributed by atoms with van der Waals surface area (Å²) in [5.41, 5.74) is 7.41. The lowest BCUT2D eigenvalue weighted by molar-refractivity contribution is 0.0295. The van der Waals surface area contributed by atoms with E-state index in [0.29, 0.717) is 41.6 Å². The molecule has 10 heteroatoms. The summed E-state index contributed by atoms with van der Waals surface area (Å²) in [5.74, 6) is 0.0148. The van der Waals surface area contributed by atoms with E-state index < -0.39 is 17.3 Å². The Kier molecular flexibility index (Phi) is 5.21. The van der Waals surface area contributed by atoms with Gasteiger partial charge in [0.1, 0.15) is 22.8 Å². The van der Waals surface area contributed by atoms with E-state index in [2.05, 4.69) is 15.5 Å². The summed E-state index contributed by atoms with van der Waals surface area (Å²) in [6.07, 6.45) is 4.77. The Morgan fingerprint density at radius 3 is 2.55 bits per heavy atom. The molecule has 2 aliphatic rings. The van der Waals surface area contributed by atoms with Crippen LogP contribution in [0.5, 0.6) is 0 Å². The first-order valence-corrected chi connectivity index (χ1v) is 11.3. The van der Waals surface area contributed by atoms with Crippen molar-refractivity contribution in [2.24, 2.45) is 25.9 Å². The SMILES string of the molecule is Cn1ccc(C2(O)CC3CC(c4nn(C)c(N)c4C(=O)Nc4ccc(F)c(Cl)c4)CC3C2)n1. The van der Waals surface area contributed by atoms with Crippen LogP contribution in [0.15, 0.2) is 30.5 Å². The molecule has 0 aliphatic heterocycles. The third kappa shape index (κ3) is 3.79. The molecular formula is C23H26ClFN6O2. The fraction of sp³-hybridized carbons (Fsp3) is 0.435. The molecular weight excluding hydrogens is 447 g/mol. The molecule has 8 nitrogen and oxygen atoms in total. The molecule has 2 heterocycles. The van der Waals surface area contributed by atoms with Crippen molar-refractivity contribution in [3.63, 3.8) is 0 Å². The summed E-state index contributed by atoms with van der Waals surface area (Å²) in [5, 5.41) is 22.9. The van der Waals surface area contributed by atoms with Crippen LogP contribution in [0.1, 0.15) is 53.3 Å². The Balaban J connectivity index is 1.36. The van der Waals surface area contributed by atoms with Gasteiger partial charge in [0.2, 0.25) is 0 Å². The number of anilines is 2. The number of nitrogen functional groups attached to an aromatic ring is 1. The van der Waals surface area contributed by atoms with Gasteiger partial charge in [0, 0.05) is 31.9 Å². The third-order valence-corrected chi connectivity index (χ3v) is 7.43. The van der Waals surface area contributed by atoms with Gasteiger partial charge in [0.25, 0.3) is 5.91 Å². The number of amides is 1. The monoisotopic (exact) mass is 472 g/mol. The first-order valence-electron chi connectivity index (χ1n) is 11.0. The fourth-order valence-corrected chi connectivity index (χ4v) is 5.78. The van der Waals surface area contributed by atoms with Crippen LogP contribution in [-0.4, -0.2) is 30.6 Å². The number of carbonyl (C=O) groups excluding carboxylic acids is 1. The molecule has 0 bridgehead atoms. The summed E-state index contributed by atoms with van der Waals surface area (Å²) in [6, 6.07) is 5.89. The maximum absolute atomic E-state index is 13.5. The van der Waals surface area contributed by atoms with E-state index >= 15 is 0 Å². The maximum atomic E-state index is 13.5. The lowest BCUT2D eigenvalue weighted by Crippen LogP contribution is -2.24. The van der Waals surface area contributed by atoms with Gasteiger partial charge >= 0.3 is 0 Å². The molecule has 1 aromatic carbocycles. The van der Waals surface area contributed by atoms with Crippen LogP contribution in [0.25, 0.3) is 0 Å². The van der Waals surface area contributed by atoms with Crippen LogP contribution < -0.4 is 11.1 Å². The number of aryl methyl sites for hydroxylation is 2. The molecule has 0 radical (unpaired) electrons. The van der Waals surface area contributed by atoms with Crippen LogP contribution in [0, 0.1) is 17.7 Å². The lowest BCUT2D eigenvalue weighted by atomic mass is 9.90. The van der Waals surface area contributed by atoms with Crippen molar-refractivity contribution in [3.05, 3.63) is 58.3 Å². The Bertz CT molecular complexity index is 1220. The van der Waals surface area contributed by atoms with Crippen molar-refractivity contribution in [3.8, 4) is 0 Å². The number of hydrogen-bond acceptors (Lipinski definition) is 5. The molecule has 2 atom stereocenters. The Morgan fingerprint density at radius 2 is 1.94 bits per heavy atom. The number of benzene rings is 1. The van der Waals surface area contributed by atoms with Crippen molar-refractivity contribution in [1.82, 2.24) is 19.6 Å². The number of aromatic nitrogens is 4. The maximum Gasteiger partial charge on any atom is 0.261 e. The molecule has 4 N–H and O–H groups in total. The zero-order valence-corrected chi connectivity index (χ0v) is 19.2. The first kappa shape index (κ1) is 21.9. The average molecular weight is 473 g/mol. The van der Waals surface area contributed by atoms with E-state index in [4.69, 9.17) is 17.3 Å². The van der Waals surface area contributed by atoms with Gasteiger partial charge in [-0.15, -0.1) is 0 Å². The second kappa shape index (κ2) is 7.85. The topological polar surface area (TPSA) is 111 Å². The zero-order chi connectivity index (χ0) is 23.5. The van der Waals surface area contributed by atoms with Crippen LogP contribution in [0.2, 0.25) is 5.02 Å². The normalized spacial score (nSPS) is 26.5. The van der Waals surface area contributed by atoms with E-state index in [0.717, 1.165) is 18.5 Å². The molecule has 2 aliphatic carbocycles. The van der Waals surface area contributed by atoms with Crippen LogP contribution in [-0.2, 0) is 19.7 Å². The van der Waals surface area contributed by atoms with E-state index in [1.165, 1.54) is 22.9 Å². The van der Waals surface area contributed by atoms with E-state index in [-0.39, 0.29) is 16.8 Å². The number of fused-ring (bicyclic) bond motifs is 1. The third-order valence-electron chi connectivity index (χ3n) is 7.14. The van der Waals surface area contributed by atoms with Crippen molar-refractivity contribution in [2.45, 2.75) is 37.2 Å². The van der Waals surface area contributed by atoms with Gasteiger partial charge in [-0.1, -0.05) is 11.6 Å². The first-order chi connectivity index (χ1) is 15.6. The van der Waals surface area contributed by atoms with Crippen molar-refractivity contribution in [1.29, 1.82) is 0 Å². The van der Waals surface area contributed by atoms with Crippen LogP contribution in [0.3, 0.4) is 0 Å². The van der Waals surface area contributed by atoms with Crippen LogP contribution >= 0.6 is 11.6 Å². The highest BCUT2D eigenvalue weighted by Gasteiger charge is 2.51. The van der Waals surface area contributed by atoms with Gasteiger partial charge in [-0.3, -0.25) is 14.2 Å². The number of hydrogen-bond donors (Lipinski definition) is 3. The predicted molar refractivity (Wildman–Crippen MR) is 122 cm³/mol. The number of nitrogens with one attached hydrogen (secondary N) is 1. The van der Waals surface area contributed by atoms with E-state index in [9.17, 15) is 14.3 Å². The van der Waals surface area contributed by atoms with Gasteiger partial charge in [0.15, 0.2) is 0 Å². The number of rotatable bonds is 4. The number of nitrogens with zero attached hydrogens (tertiary/aromatic N) is 4. The minimum Gasteiger partial charge on any atom is -0.383 e. The highest BCUT2D eigenvalue weighted by Crippen LogP contribution is 2.56. The van der Waals surface area contributed by atoms with Crippen molar-refractivity contribution >= 4 is 29.0 Å². The molecule has 174 valence electrons. The summed E-state index contributed by atoms with van der Waals surface area (Å²) in [6.45, 7) is 0. The summed E-state index contributed by atoms with van der Waals surface area (Å²) in [4.78, 5) is 13.1. The van der Waals surface area contributed by atoms with Crippen molar-refractivity contribution in [2.75, 3.05) is 11.1 Å². The minimum atomic E-state index is -0.910. The fourth-order valence-electron chi connectivity index (χ4n) is 5.60. The number of carbonyl (C=O) groups is 1. The standard InChI is InChI=1S/C23H26ClFN6O2/c1-30-6-5-18(28-30)23(33)10-13-7-12(8-14(13)11-23)20-19(21(26)31(2)29-20)22(32)27-15-3-4-17(25)16(24)9-15/h3-6,9,12-14,33H,7-8,10-11,26H2,1-2H3,(H,27,32). The number of nitrogens with two attached hydrogens (primary N) is 1. The summed E-state index contributed by atoms with van der Waals surface area (Å²) < 4.78 is 16.7. The minimum absolute atomic E-state index is 0.0642. The molecule has 3 aromatic rings. The summed E-state index contributed by atoms with van der Waals surface area (Å²) >= 11 is 5.84. The summed E-state index contributed by atoms with van der Waals surface area (Å²) in [7, 11) is 3.55. The molecule has 33 heavy (non-hydrogen) atoms. The van der Waals surface area contributed by atoms with Gasteiger partial charge < -0.3 is 16.2 Å². The van der Waals surface area contributed by atoms with E-state index in [1.807, 2.05) is 19.3 Å². The van der Waals surface area contributed by atoms with Gasteiger partial charge in [0.05, 0.1) is 16.4 Å². The number of aliphatic hydroxyl groups is 1. The van der Waals surface area contributed by atoms with Crippen LogP contribution in [0.4, 0.5) is 15.9 Å². The quantitative estimate of drug-likeness (QED) is 0.537.